The largest absolute Gasteiger partial charge is 0.416 e. The number of nitrogens with zero attached hydrogens (tertiary/aromatic N) is 2. The summed E-state index contributed by atoms with van der Waals surface area (Å²) in [5, 5.41) is 6.30. The molecule has 3 rings (SSSR count). The zero-order valence-corrected chi connectivity index (χ0v) is 16.1. The van der Waals surface area contributed by atoms with Gasteiger partial charge in [-0.1, -0.05) is 12.1 Å². The van der Waals surface area contributed by atoms with Crippen molar-refractivity contribution in [2.75, 3.05) is 11.5 Å². The Balaban J connectivity index is 1.94. The SMILES string of the molecule is C[C@@H](NC(=O)c1nn(-c2ccccc2F)c(=O)cc1N)c1cc(N)cc(C(F)(F)F)c1. The molecule has 31 heavy (non-hydrogen) atoms. The molecule has 0 aliphatic rings. The van der Waals surface area contributed by atoms with Gasteiger partial charge in [0.05, 0.1) is 17.3 Å². The van der Waals surface area contributed by atoms with Gasteiger partial charge in [-0.2, -0.15) is 23.0 Å². The molecule has 0 unspecified atom stereocenters. The van der Waals surface area contributed by atoms with E-state index in [1.54, 1.807) is 0 Å². The van der Waals surface area contributed by atoms with Crippen LogP contribution >= 0.6 is 0 Å². The van der Waals surface area contributed by atoms with Crippen LogP contribution < -0.4 is 22.3 Å². The molecule has 2 aromatic carbocycles. The molecule has 7 nitrogen and oxygen atoms in total. The summed E-state index contributed by atoms with van der Waals surface area (Å²) in [6.45, 7) is 1.44. The predicted molar refractivity (Wildman–Crippen MR) is 106 cm³/mol. The summed E-state index contributed by atoms with van der Waals surface area (Å²) >= 11 is 0. The molecule has 0 saturated heterocycles. The van der Waals surface area contributed by atoms with Crippen LogP contribution in [0.1, 0.15) is 34.6 Å². The fourth-order valence-electron chi connectivity index (χ4n) is 2.88. The van der Waals surface area contributed by atoms with Gasteiger partial charge in [-0.05, 0) is 42.8 Å². The molecule has 0 fully saturated rings. The van der Waals surface area contributed by atoms with E-state index in [1.165, 1.54) is 31.2 Å². The summed E-state index contributed by atoms with van der Waals surface area (Å²) in [7, 11) is 0. The van der Waals surface area contributed by atoms with E-state index in [4.69, 9.17) is 11.5 Å². The first-order chi connectivity index (χ1) is 14.5. The Morgan fingerprint density at radius 1 is 1.13 bits per heavy atom. The maximum absolute atomic E-state index is 14.1. The van der Waals surface area contributed by atoms with E-state index in [-0.39, 0.29) is 22.6 Å². The molecule has 11 heteroatoms. The number of hydrogen-bond donors (Lipinski definition) is 3. The van der Waals surface area contributed by atoms with Gasteiger partial charge < -0.3 is 16.8 Å². The van der Waals surface area contributed by atoms with E-state index in [0.29, 0.717) is 4.68 Å². The van der Waals surface area contributed by atoms with Gasteiger partial charge in [-0.25, -0.2) is 4.39 Å². The fraction of sp³-hybridized carbons (Fsp3) is 0.150. The fourth-order valence-corrected chi connectivity index (χ4v) is 2.88. The highest BCUT2D eigenvalue weighted by Crippen LogP contribution is 2.32. The number of nitrogens with one attached hydrogen (secondary N) is 1. The highest BCUT2D eigenvalue weighted by Gasteiger charge is 2.31. The molecule has 162 valence electrons. The van der Waals surface area contributed by atoms with Gasteiger partial charge in [0.2, 0.25) is 0 Å². The van der Waals surface area contributed by atoms with Crippen LogP contribution in [-0.2, 0) is 6.18 Å². The molecule has 0 aliphatic heterocycles. The second kappa shape index (κ2) is 8.09. The molecular weight excluding hydrogens is 418 g/mol. The van der Waals surface area contributed by atoms with Crippen molar-refractivity contribution in [3.05, 3.63) is 81.5 Å². The number of hydrogen-bond acceptors (Lipinski definition) is 5. The average molecular weight is 435 g/mol. The molecule has 0 bridgehead atoms. The lowest BCUT2D eigenvalue weighted by atomic mass is 10.0. The number of carbonyl (C=O) groups excluding carboxylic acids is 1. The van der Waals surface area contributed by atoms with Gasteiger partial charge in [0.25, 0.3) is 11.5 Å². The Hall–Kier alpha value is -3.89. The van der Waals surface area contributed by atoms with E-state index in [9.17, 15) is 27.2 Å². The highest BCUT2D eigenvalue weighted by atomic mass is 19.4. The second-order valence-electron chi connectivity index (χ2n) is 6.73. The molecule has 0 spiro atoms. The van der Waals surface area contributed by atoms with Crippen molar-refractivity contribution >= 4 is 17.3 Å². The lowest BCUT2D eigenvalue weighted by Crippen LogP contribution is -2.32. The number of nitrogens with two attached hydrogens (primary N) is 2. The lowest BCUT2D eigenvalue weighted by Gasteiger charge is -2.18. The van der Waals surface area contributed by atoms with Crippen LogP contribution in [0, 0.1) is 5.82 Å². The number of halogens is 4. The molecule has 1 aromatic heterocycles. The number of amides is 1. The Morgan fingerprint density at radius 3 is 2.45 bits per heavy atom. The highest BCUT2D eigenvalue weighted by molar-refractivity contribution is 5.97. The first-order valence-corrected chi connectivity index (χ1v) is 8.90. The maximum atomic E-state index is 14.1. The van der Waals surface area contributed by atoms with Crippen LogP contribution in [0.25, 0.3) is 5.69 Å². The van der Waals surface area contributed by atoms with Crippen molar-refractivity contribution in [3.63, 3.8) is 0 Å². The summed E-state index contributed by atoms with van der Waals surface area (Å²) in [6.07, 6.45) is -4.62. The Morgan fingerprint density at radius 2 is 1.81 bits per heavy atom. The van der Waals surface area contributed by atoms with Gasteiger partial charge in [-0.15, -0.1) is 0 Å². The van der Waals surface area contributed by atoms with Crippen LogP contribution in [0.3, 0.4) is 0 Å². The minimum Gasteiger partial charge on any atom is -0.399 e. The van der Waals surface area contributed by atoms with Crippen LogP contribution in [0.15, 0.2) is 53.3 Å². The molecular formula is C20H17F4N5O2. The van der Waals surface area contributed by atoms with Crippen LogP contribution in [-0.4, -0.2) is 15.7 Å². The third-order valence-electron chi connectivity index (χ3n) is 4.41. The van der Waals surface area contributed by atoms with Crippen LogP contribution in [0.4, 0.5) is 28.9 Å². The zero-order valence-electron chi connectivity index (χ0n) is 16.1. The number of nitrogen functional groups attached to an aromatic ring is 2. The topological polar surface area (TPSA) is 116 Å². The summed E-state index contributed by atoms with van der Waals surface area (Å²) in [5.41, 5.74) is 8.67. The first kappa shape index (κ1) is 21.8. The molecule has 5 N–H and O–H groups in total. The molecule has 3 aromatic rings. The van der Waals surface area contributed by atoms with Crippen molar-refractivity contribution in [1.82, 2.24) is 15.1 Å². The van der Waals surface area contributed by atoms with Crippen molar-refractivity contribution in [3.8, 4) is 5.69 Å². The van der Waals surface area contributed by atoms with Gasteiger partial charge in [0, 0.05) is 11.8 Å². The standard InChI is InChI=1S/C20H17F4N5O2/c1-10(11-6-12(20(22,23)24)8-13(25)7-11)27-19(31)18-15(26)9-17(30)29(28-18)16-5-3-2-4-14(16)21/h2-10H,25-26H2,1H3,(H,27,31)/t10-/m1/s1. The van der Waals surface area contributed by atoms with E-state index >= 15 is 0 Å². The number of anilines is 2. The van der Waals surface area contributed by atoms with Gasteiger partial charge in [0.15, 0.2) is 5.69 Å². The van der Waals surface area contributed by atoms with Crippen molar-refractivity contribution in [2.24, 2.45) is 0 Å². The van der Waals surface area contributed by atoms with Gasteiger partial charge in [-0.3, -0.25) is 9.59 Å². The molecule has 1 heterocycles. The van der Waals surface area contributed by atoms with Crippen LogP contribution in [0.2, 0.25) is 0 Å². The van der Waals surface area contributed by atoms with Gasteiger partial charge >= 0.3 is 6.18 Å². The lowest BCUT2D eigenvalue weighted by molar-refractivity contribution is -0.137. The number of carbonyl (C=O) groups is 1. The summed E-state index contributed by atoms with van der Waals surface area (Å²) in [6, 6.07) is 8.21. The van der Waals surface area contributed by atoms with E-state index in [1.807, 2.05) is 0 Å². The first-order valence-electron chi connectivity index (χ1n) is 8.90. The number of alkyl halides is 3. The summed E-state index contributed by atoms with van der Waals surface area (Å²) in [5.74, 6) is -1.62. The van der Waals surface area contributed by atoms with Crippen molar-refractivity contribution < 1.29 is 22.4 Å². The Labute approximate surface area is 173 Å². The Bertz CT molecular complexity index is 1210. The molecule has 1 amide bonds. The third-order valence-corrected chi connectivity index (χ3v) is 4.41. The Kier molecular flexibility index (Phi) is 5.69. The minimum absolute atomic E-state index is 0.0988. The number of benzene rings is 2. The zero-order chi connectivity index (χ0) is 22.9. The summed E-state index contributed by atoms with van der Waals surface area (Å²) in [4.78, 5) is 24.9. The number of aromatic nitrogens is 2. The molecule has 0 saturated carbocycles. The number of para-hydroxylation sites is 1. The predicted octanol–water partition coefficient (Wildman–Crippen LogP) is 3.05. The smallest absolute Gasteiger partial charge is 0.399 e. The number of rotatable bonds is 4. The molecule has 0 radical (unpaired) electrons. The van der Waals surface area contributed by atoms with Gasteiger partial charge in [0.1, 0.15) is 11.5 Å². The minimum atomic E-state index is -4.62. The van der Waals surface area contributed by atoms with Crippen molar-refractivity contribution in [1.29, 1.82) is 0 Å². The monoisotopic (exact) mass is 435 g/mol. The normalized spacial score (nSPS) is 12.4. The maximum Gasteiger partial charge on any atom is 0.416 e. The average Bonchev–Trinajstić information content (AvgIpc) is 2.67. The van der Waals surface area contributed by atoms with Crippen molar-refractivity contribution in [2.45, 2.75) is 19.1 Å². The molecule has 0 aliphatic carbocycles. The quantitative estimate of drug-likeness (QED) is 0.430. The van der Waals surface area contributed by atoms with E-state index < -0.39 is 40.8 Å². The molecule has 1 atom stereocenters. The third kappa shape index (κ3) is 4.65. The summed E-state index contributed by atoms with van der Waals surface area (Å²) < 4.78 is 53.8. The second-order valence-corrected chi connectivity index (χ2v) is 6.73. The van der Waals surface area contributed by atoms with E-state index in [2.05, 4.69) is 10.4 Å². The van der Waals surface area contributed by atoms with Crippen LogP contribution in [0.5, 0.6) is 0 Å². The van der Waals surface area contributed by atoms with E-state index in [0.717, 1.165) is 24.3 Å².